The minimum atomic E-state index is 0.501. The Hall–Kier alpha value is 0.0229. The van der Waals surface area contributed by atoms with Crippen LogP contribution in [-0.4, -0.2) is 16.5 Å². The molecule has 0 aromatic carbocycles. The van der Waals surface area contributed by atoms with Gasteiger partial charge in [0.05, 0.1) is 0 Å². The summed E-state index contributed by atoms with van der Waals surface area (Å²) >= 11 is 0.868. The molecular formula is C10H18Ge. The topological polar surface area (TPSA) is 0 Å². The first-order valence-electron chi connectivity index (χ1n) is 4.25. The van der Waals surface area contributed by atoms with Crippen molar-refractivity contribution in [2.75, 3.05) is 0 Å². The fourth-order valence-electron chi connectivity index (χ4n) is 1.78. The Morgan fingerprint density at radius 3 is 1.27 bits per heavy atom. The number of hydrogen-bond donors (Lipinski definition) is 0. The van der Waals surface area contributed by atoms with Crippen molar-refractivity contribution in [1.82, 2.24) is 0 Å². The summed E-state index contributed by atoms with van der Waals surface area (Å²) in [6.07, 6.45) is 0. The van der Waals surface area contributed by atoms with Crippen LogP contribution < -0.4 is 0 Å². The van der Waals surface area contributed by atoms with Crippen LogP contribution in [0.25, 0.3) is 0 Å². The molecule has 0 amide bonds. The number of allylic oxidation sites excluding steroid dienone is 4. The van der Waals surface area contributed by atoms with Crippen LogP contribution in [-0.2, 0) is 0 Å². The summed E-state index contributed by atoms with van der Waals surface area (Å²) in [5.74, 6) is 0. The zero-order chi connectivity index (χ0) is 8.81. The maximum absolute atomic E-state index is 2.39. The van der Waals surface area contributed by atoms with Gasteiger partial charge in [0.2, 0.25) is 0 Å². The second-order valence-corrected chi connectivity index (χ2v) is 8.32. The summed E-state index contributed by atoms with van der Waals surface area (Å²) in [5, 5.41) is 0. The third-order valence-corrected chi connectivity index (χ3v) is 6.71. The van der Waals surface area contributed by atoms with Crippen molar-refractivity contribution < 1.29 is 0 Å². The van der Waals surface area contributed by atoms with Gasteiger partial charge in [-0.15, -0.1) is 0 Å². The molecule has 0 N–H and O–H groups in total. The summed E-state index contributed by atoms with van der Waals surface area (Å²) in [6.45, 7) is 11.5. The fraction of sp³-hybridized carbons (Fsp3) is 0.600. The predicted molar refractivity (Wildman–Crippen MR) is 55.1 cm³/mol. The molecule has 1 heteroatoms. The predicted octanol–water partition coefficient (Wildman–Crippen LogP) is 2.22. The minimum absolute atomic E-state index is 0.501. The van der Waals surface area contributed by atoms with Crippen LogP contribution in [0.1, 0.15) is 34.6 Å². The van der Waals surface area contributed by atoms with Crippen LogP contribution in [0.4, 0.5) is 0 Å². The van der Waals surface area contributed by atoms with E-state index in [1.54, 1.807) is 11.1 Å². The molecule has 0 bridgehead atoms. The van der Waals surface area contributed by atoms with Crippen LogP contribution in [0.15, 0.2) is 22.3 Å². The first-order chi connectivity index (χ1) is 4.89. The van der Waals surface area contributed by atoms with E-state index in [4.69, 9.17) is 0 Å². The Balaban J connectivity index is 3.27. The van der Waals surface area contributed by atoms with Gasteiger partial charge in [-0.05, 0) is 0 Å². The summed E-state index contributed by atoms with van der Waals surface area (Å²) in [7, 11) is 0. The van der Waals surface area contributed by atoms with E-state index in [9.17, 15) is 0 Å². The molecule has 62 valence electrons. The maximum atomic E-state index is 2.39. The van der Waals surface area contributed by atoms with E-state index < -0.39 is 0 Å². The van der Waals surface area contributed by atoms with Gasteiger partial charge in [0.1, 0.15) is 0 Å². The third-order valence-electron chi connectivity index (χ3n) is 3.56. The van der Waals surface area contributed by atoms with Gasteiger partial charge in [0.25, 0.3) is 0 Å². The monoisotopic (exact) mass is 212 g/mol. The van der Waals surface area contributed by atoms with Gasteiger partial charge in [-0.2, -0.15) is 0 Å². The molecule has 0 radical (unpaired) electrons. The fourth-order valence-corrected chi connectivity index (χ4v) is 3.35. The average Bonchev–Trinajstić information content (AvgIpc) is 2.06. The summed E-state index contributed by atoms with van der Waals surface area (Å²) < 4.78 is 0.501. The average molecular weight is 211 g/mol. The van der Waals surface area contributed by atoms with E-state index >= 15 is 0 Å². The molecule has 0 fully saturated rings. The van der Waals surface area contributed by atoms with E-state index in [-0.39, 0.29) is 0 Å². The van der Waals surface area contributed by atoms with Gasteiger partial charge in [0.15, 0.2) is 0 Å². The van der Waals surface area contributed by atoms with E-state index in [2.05, 4.69) is 34.6 Å². The zero-order valence-corrected chi connectivity index (χ0v) is 12.7. The molecule has 1 aliphatic carbocycles. The first kappa shape index (κ1) is 9.11. The second kappa shape index (κ2) is 2.51. The molecule has 0 aliphatic heterocycles. The number of rotatable bonds is 0. The van der Waals surface area contributed by atoms with E-state index in [1.165, 1.54) is 11.1 Å². The van der Waals surface area contributed by atoms with Gasteiger partial charge in [-0.1, -0.05) is 0 Å². The molecule has 0 aromatic rings. The zero-order valence-electron chi connectivity index (χ0n) is 8.50. The second-order valence-electron chi connectivity index (χ2n) is 4.12. The standard InChI is InChI=1S/C10H18Ge/c1-6-7(2)9(4)10(5,11)8(6)3/h1-5,11H3. The van der Waals surface area contributed by atoms with Crippen molar-refractivity contribution in [2.45, 2.75) is 38.9 Å². The van der Waals surface area contributed by atoms with Crippen molar-refractivity contribution in [2.24, 2.45) is 0 Å². The molecular weight excluding hydrogens is 193 g/mol. The van der Waals surface area contributed by atoms with Crippen LogP contribution in [0.5, 0.6) is 0 Å². The van der Waals surface area contributed by atoms with Crippen LogP contribution in [0, 0.1) is 0 Å². The molecule has 0 spiro atoms. The third kappa shape index (κ3) is 1.12. The van der Waals surface area contributed by atoms with Crippen LogP contribution in [0.2, 0.25) is 4.25 Å². The molecule has 0 saturated heterocycles. The Kier molecular flexibility index (Phi) is 2.08. The summed E-state index contributed by atoms with van der Waals surface area (Å²) in [5.41, 5.74) is 6.32. The Bertz CT molecular complexity index is 228. The molecule has 1 aliphatic rings. The molecule has 11 heavy (non-hydrogen) atoms. The first-order valence-corrected chi connectivity index (χ1v) is 6.35. The van der Waals surface area contributed by atoms with Crippen molar-refractivity contribution >= 4 is 16.5 Å². The van der Waals surface area contributed by atoms with E-state index in [0.717, 1.165) is 16.5 Å². The van der Waals surface area contributed by atoms with Crippen molar-refractivity contribution in [3.8, 4) is 0 Å². The molecule has 0 saturated carbocycles. The van der Waals surface area contributed by atoms with Gasteiger partial charge in [-0.3, -0.25) is 0 Å². The van der Waals surface area contributed by atoms with E-state index in [1.807, 2.05) is 0 Å². The van der Waals surface area contributed by atoms with Gasteiger partial charge in [0, 0.05) is 0 Å². The van der Waals surface area contributed by atoms with Crippen molar-refractivity contribution in [1.29, 1.82) is 0 Å². The van der Waals surface area contributed by atoms with Crippen LogP contribution >= 0.6 is 0 Å². The number of hydrogen-bond acceptors (Lipinski definition) is 0. The summed E-state index contributed by atoms with van der Waals surface area (Å²) in [6, 6.07) is 0. The SMILES string of the molecule is CC1=C(C)[C](C)([GeH3])C(C)=C1C. The van der Waals surface area contributed by atoms with Crippen LogP contribution in [0.3, 0.4) is 0 Å². The molecule has 1 rings (SSSR count). The van der Waals surface area contributed by atoms with Gasteiger partial charge in [-0.25, -0.2) is 0 Å². The Morgan fingerprint density at radius 1 is 0.909 bits per heavy atom. The van der Waals surface area contributed by atoms with Crippen molar-refractivity contribution in [3.05, 3.63) is 22.3 Å². The molecule has 0 atom stereocenters. The summed E-state index contributed by atoms with van der Waals surface area (Å²) in [4.78, 5) is 0. The Labute approximate surface area is 78.0 Å². The quantitative estimate of drug-likeness (QED) is 0.538. The van der Waals surface area contributed by atoms with Crippen molar-refractivity contribution in [3.63, 3.8) is 0 Å². The van der Waals surface area contributed by atoms with Gasteiger partial charge < -0.3 is 0 Å². The Morgan fingerprint density at radius 2 is 1.18 bits per heavy atom. The molecule has 0 nitrogen and oxygen atoms in total. The normalized spacial score (nSPS) is 23.7. The molecule has 0 aromatic heterocycles. The molecule has 0 unspecified atom stereocenters. The van der Waals surface area contributed by atoms with Gasteiger partial charge >= 0.3 is 77.7 Å². The molecule has 0 heterocycles. The van der Waals surface area contributed by atoms with E-state index in [0.29, 0.717) is 4.25 Å².